The van der Waals surface area contributed by atoms with Crippen molar-refractivity contribution in [1.82, 2.24) is 4.98 Å². The van der Waals surface area contributed by atoms with E-state index in [1.165, 1.54) is 12.1 Å². The van der Waals surface area contributed by atoms with Crippen molar-refractivity contribution in [2.45, 2.75) is 19.2 Å². The number of hydrogen-bond donors (Lipinski definition) is 0. The second-order valence-electron chi connectivity index (χ2n) is 4.21. The van der Waals surface area contributed by atoms with Crippen molar-refractivity contribution in [2.75, 3.05) is 0 Å². The van der Waals surface area contributed by atoms with Crippen LogP contribution >= 0.6 is 15.9 Å². The lowest BCUT2D eigenvalue weighted by Gasteiger charge is -2.10. The van der Waals surface area contributed by atoms with E-state index in [1.807, 2.05) is 6.07 Å². The molecule has 2 nitrogen and oxygen atoms in total. The Balaban J connectivity index is 2.01. The van der Waals surface area contributed by atoms with Crippen LogP contribution in [0.1, 0.15) is 11.1 Å². The van der Waals surface area contributed by atoms with Gasteiger partial charge < -0.3 is 4.74 Å². The molecule has 0 aliphatic rings. The number of benzene rings is 1. The number of pyridine rings is 1. The van der Waals surface area contributed by atoms with Gasteiger partial charge in [-0.05, 0) is 58.1 Å². The van der Waals surface area contributed by atoms with Crippen molar-refractivity contribution >= 4 is 15.9 Å². The van der Waals surface area contributed by atoms with Crippen LogP contribution in [0, 0.1) is 0 Å². The number of nitrogens with zero attached hydrogens (tertiary/aromatic N) is 1. The third kappa shape index (κ3) is 4.85. The van der Waals surface area contributed by atoms with Crippen molar-refractivity contribution in [3.63, 3.8) is 0 Å². The Bertz CT molecular complexity index is 587. The van der Waals surface area contributed by atoms with Crippen LogP contribution in [0.15, 0.2) is 47.2 Å². The molecule has 1 aromatic carbocycles. The van der Waals surface area contributed by atoms with Crippen LogP contribution in [0.25, 0.3) is 0 Å². The summed E-state index contributed by atoms with van der Waals surface area (Å²) in [5, 5.41) is 0. The van der Waals surface area contributed by atoms with Gasteiger partial charge in [0, 0.05) is 16.9 Å². The summed E-state index contributed by atoms with van der Waals surface area (Å²) in [5.41, 5.74) is 1.80. The molecule has 0 fully saturated rings. The molecule has 0 unspecified atom stereocenters. The maximum Gasteiger partial charge on any atom is 0.573 e. The summed E-state index contributed by atoms with van der Waals surface area (Å²) >= 11 is 3.33. The number of hydrogen-bond acceptors (Lipinski definition) is 2. The fourth-order valence-corrected chi connectivity index (χ4v) is 2.19. The normalized spacial score (nSPS) is 11.4. The fourth-order valence-electron chi connectivity index (χ4n) is 1.78. The predicted octanol–water partition coefficient (Wildman–Crippen LogP) is 4.53. The lowest BCUT2D eigenvalue weighted by molar-refractivity contribution is -0.274. The molecule has 1 aromatic heterocycles. The minimum atomic E-state index is -4.66. The molecule has 2 rings (SSSR count). The molecule has 20 heavy (non-hydrogen) atoms. The van der Waals surface area contributed by atoms with Crippen molar-refractivity contribution in [3.8, 4) is 5.75 Å². The summed E-state index contributed by atoms with van der Waals surface area (Å²) in [5.74, 6) is -0.192. The van der Waals surface area contributed by atoms with Crippen LogP contribution in [-0.4, -0.2) is 11.3 Å². The molecular weight excluding hydrogens is 335 g/mol. The van der Waals surface area contributed by atoms with Gasteiger partial charge in [-0.1, -0.05) is 12.1 Å². The number of rotatable bonds is 4. The van der Waals surface area contributed by atoms with Gasteiger partial charge in [0.05, 0.1) is 0 Å². The predicted molar refractivity (Wildman–Crippen MR) is 72.5 cm³/mol. The second-order valence-corrected chi connectivity index (χ2v) is 5.12. The number of ether oxygens (including phenoxy) is 1. The van der Waals surface area contributed by atoms with Crippen LogP contribution in [0.2, 0.25) is 0 Å². The lowest BCUT2D eigenvalue weighted by Crippen LogP contribution is -2.17. The number of aryl methyl sites for hydroxylation is 2. The molecule has 0 spiro atoms. The van der Waals surface area contributed by atoms with Crippen molar-refractivity contribution in [2.24, 2.45) is 0 Å². The van der Waals surface area contributed by atoms with E-state index in [4.69, 9.17) is 0 Å². The van der Waals surface area contributed by atoms with Gasteiger partial charge in [0.25, 0.3) is 0 Å². The zero-order valence-corrected chi connectivity index (χ0v) is 11.9. The van der Waals surface area contributed by atoms with Crippen LogP contribution in [0.5, 0.6) is 5.75 Å². The molecule has 0 bridgehead atoms. The molecule has 0 aliphatic carbocycles. The summed E-state index contributed by atoms with van der Waals surface area (Å²) in [6.45, 7) is 0. The Hall–Kier alpha value is -1.56. The van der Waals surface area contributed by atoms with E-state index in [0.29, 0.717) is 12.8 Å². The Labute approximate surface area is 122 Å². The summed E-state index contributed by atoms with van der Waals surface area (Å²) < 4.78 is 41.2. The lowest BCUT2D eigenvalue weighted by atomic mass is 10.1. The minimum absolute atomic E-state index is 0.192. The van der Waals surface area contributed by atoms with Gasteiger partial charge in [-0.25, -0.2) is 0 Å². The maximum absolute atomic E-state index is 12.1. The van der Waals surface area contributed by atoms with Crippen molar-refractivity contribution < 1.29 is 17.9 Å². The highest BCUT2D eigenvalue weighted by Crippen LogP contribution is 2.23. The molecule has 0 N–H and O–H groups in total. The van der Waals surface area contributed by atoms with Crippen molar-refractivity contribution in [3.05, 3.63) is 58.3 Å². The Morgan fingerprint density at radius 1 is 1.05 bits per heavy atom. The summed E-state index contributed by atoms with van der Waals surface area (Å²) in [4.78, 5) is 4.04. The van der Waals surface area contributed by atoms with Crippen LogP contribution in [-0.2, 0) is 12.8 Å². The molecule has 0 atom stereocenters. The van der Waals surface area contributed by atoms with Gasteiger partial charge in [-0.3, -0.25) is 4.98 Å². The molecule has 0 radical (unpaired) electrons. The smallest absolute Gasteiger partial charge is 0.406 e. The van der Waals surface area contributed by atoms with Crippen LogP contribution < -0.4 is 4.74 Å². The van der Waals surface area contributed by atoms with E-state index in [9.17, 15) is 13.2 Å². The average molecular weight is 346 g/mol. The molecule has 2 aromatic rings. The minimum Gasteiger partial charge on any atom is -0.406 e. The molecule has 6 heteroatoms. The van der Waals surface area contributed by atoms with Gasteiger partial charge >= 0.3 is 6.36 Å². The first kappa shape index (κ1) is 14.8. The molecule has 0 aliphatic heterocycles. The average Bonchev–Trinajstić information content (AvgIpc) is 2.35. The first-order chi connectivity index (χ1) is 9.42. The summed E-state index contributed by atoms with van der Waals surface area (Å²) in [7, 11) is 0. The van der Waals surface area contributed by atoms with E-state index >= 15 is 0 Å². The molecule has 0 saturated heterocycles. The standard InChI is InChI=1S/C14H11BrF3NO/c15-12-6-11(8-19-9-12)5-4-10-2-1-3-13(7-10)20-14(16,17)18/h1-3,6-9H,4-5H2. The SMILES string of the molecule is FC(F)(F)Oc1cccc(CCc2cncc(Br)c2)c1. The number of alkyl halides is 3. The highest BCUT2D eigenvalue weighted by molar-refractivity contribution is 9.10. The zero-order chi connectivity index (χ0) is 14.6. The first-order valence-corrected chi connectivity index (χ1v) is 6.66. The Morgan fingerprint density at radius 3 is 2.50 bits per heavy atom. The highest BCUT2D eigenvalue weighted by atomic mass is 79.9. The van der Waals surface area contributed by atoms with Gasteiger partial charge in [-0.2, -0.15) is 0 Å². The van der Waals surface area contributed by atoms with E-state index in [1.54, 1.807) is 24.5 Å². The number of aromatic nitrogens is 1. The zero-order valence-electron chi connectivity index (χ0n) is 10.3. The maximum atomic E-state index is 12.1. The monoisotopic (exact) mass is 345 g/mol. The van der Waals surface area contributed by atoms with Gasteiger partial charge in [-0.15, -0.1) is 13.2 Å². The topological polar surface area (TPSA) is 22.1 Å². The van der Waals surface area contributed by atoms with E-state index in [-0.39, 0.29) is 5.75 Å². The molecule has 0 amide bonds. The van der Waals surface area contributed by atoms with Crippen LogP contribution in [0.3, 0.4) is 0 Å². The molecule has 106 valence electrons. The third-order valence-electron chi connectivity index (χ3n) is 2.60. The second kappa shape index (κ2) is 6.26. The quantitative estimate of drug-likeness (QED) is 0.812. The first-order valence-electron chi connectivity index (χ1n) is 5.86. The largest absolute Gasteiger partial charge is 0.573 e. The summed E-state index contributed by atoms with van der Waals surface area (Å²) in [6, 6.07) is 7.95. The molecular formula is C14H11BrF3NO. The van der Waals surface area contributed by atoms with E-state index in [2.05, 4.69) is 25.7 Å². The van der Waals surface area contributed by atoms with Crippen LogP contribution in [0.4, 0.5) is 13.2 Å². The van der Waals surface area contributed by atoms with Gasteiger partial charge in [0.1, 0.15) is 5.75 Å². The fraction of sp³-hybridized carbons (Fsp3) is 0.214. The van der Waals surface area contributed by atoms with E-state index in [0.717, 1.165) is 15.6 Å². The number of halogens is 4. The Morgan fingerprint density at radius 2 is 1.80 bits per heavy atom. The van der Waals surface area contributed by atoms with Gasteiger partial charge in [0.15, 0.2) is 0 Å². The Kier molecular flexibility index (Phi) is 4.65. The van der Waals surface area contributed by atoms with E-state index < -0.39 is 6.36 Å². The molecule has 0 saturated carbocycles. The van der Waals surface area contributed by atoms with Crippen molar-refractivity contribution in [1.29, 1.82) is 0 Å². The molecule has 1 heterocycles. The summed E-state index contributed by atoms with van der Waals surface area (Å²) in [6.07, 6.45) is 0.0735. The van der Waals surface area contributed by atoms with Gasteiger partial charge in [0.2, 0.25) is 0 Å². The third-order valence-corrected chi connectivity index (χ3v) is 3.03. The highest BCUT2D eigenvalue weighted by Gasteiger charge is 2.31.